The molecule has 0 bridgehead atoms. The Labute approximate surface area is 263 Å². The fourth-order valence-electron chi connectivity index (χ4n) is 5.26. The molecule has 0 unspecified atom stereocenters. The van der Waals surface area contributed by atoms with Crippen LogP contribution in [0.25, 0.3) is 22.4 Å². The molecule has 232 valence electrons. The first-order valence-corrected chi connectivity index (χ1v) is 18.6. The van der Waals surface area contributed by atoms with Crippen LogP contribution in [0.3, 0.4) is 0 Å². The number of carbonyl (C=O) groups excluding carboxylic acids is 1. The van der Waals surface area contributed by atoms with E-state index < -0.39 is 8.32 Å². The van der Waals surface area contributed by atoms with E-state index in [9.17, 15) is 4.79 Å². The van der Waals surface area contributed by atoms with E-state index in [1.807, 2.05) is 46.0 Å². The van der Waals surface area contributed by atoms with Crippen LogP contribution in [0.2, 0.25) is 18.1 Å². The third-order valence-corrected chi connectivity index (χ3v) is 13.4. The molecule has 4 aromatic rings. The van der Waals surface area contributed by atoms with Crippen LogP contribution in [0.5, 0.6) is 5.75 Å². The van der Waals surface area contributed by atoms with E-state index in [0.29, 0.717) is 44.5 Å². The van der Waals surface area contributed by atoms with Crippen molar-refractivity contribution < 1.29 is 14.0 Å². The van der Waals surface area contributed by atoms with Gasteiger partial charge in [0.05, 0.1) is 13.2 Å². The topological polar surface area (TPSA) is 69.5 Å². The maximum absolute atomic E-state index is 14.0. The Kier molecular flexibility index (Phi) is 9.41. The van der Waals surface area contributed by atoms with Gasteiger partial charge in [0.1, 0.15) is 23.7 Å². The molecule has 1 amide bonds. The highest BCUT2D eigenvalue weighted by atomic mass is 28.4. The lowest BCUT2D eigenvalue weighted by molar-refractivity contribution is 0.0666. The van der Waals surface area contributed by atoms with Gasteiger partial charge in [-0.15, -0.1) is 0 Å². The summed E-state index contributed by atoms with van der Waals surface area (Å²) in [6.07, 6.45) is 4.60. The van der Waals surface area contributed by atoms with E-state index in [2.05, 4.69) is 77.0 Å². The monoisotopic (exact) mass is 610 g/mol. The maximum atomic E-state index is 14.0. The van der Waals surface area contributed by atoms with Crippen LogP contribution in [0.15, 0.2) is 73.1 Å². The summed E-state index contributed by atoms with van der Waals surface area (Å²) in [6, 6.07) is 20.5. The van der Waals surface area contributed by atoms with Gasteiger partial charge in [0.2, 0.25) is 0 Å². The molecule has 44 heavy (non-hydrogen) atoms. The number of pyridine rings is 1. The van der Waals surface area contributed by atoms with Crippen LogP contribution >= 0.6 is 0 Å². The zero-order valence-corrected chi connectivity index (χ0v) is 28.3. The second-order valence-corrected chi connectivity index (χ2v) is 18.5. The van der Waals surface area contributed by atoms with Crippen LogP contribution in [0, 0.1) is 5.92 Å². The number of benzene rings is 2. The number of hydrogen-bond acceptors (Lipinski definition) is 5. The molecule has 1 aliphatic rings. The fourth-order valence-corrected chi connectivity index (χ4v) is 6.30. The van der Waals surface area contributed by atoms with Gasteiger partial charge in [-0.05, 0) is 71.4 Å². The lowest BCUT2D eigenvalue weighted by Crippen LogP contribution is -2.46. The summed E-state index contributed by atoms with van der Waals surface area (Å²) in [5, 5.41) is 5.07. The largest absolute Gasteiger partial charge is 0.489 e. The highest BCUT2D eigenvalue weighted by Crippen LogP contribution is 2.38. The van der Waals surface area contributed by atoms with Crippen molar-refractivity contribution in [3.63, 3.8) is 0 Å². The number of aromatic nitrogens is 3. The molecule has 2 aromatic carbocycles. The number of nitrogens with zero attached hydrogens (tertiary/aromatic N) is 4. The normalized spacial score (nSPS) is 13.8. The molecule has 5 rings (SSSR count). The van der Waals surface area contributed by atoms with Crippen molar-refractivity contribution in [1.82, 2.24) is 19.7 Å². The predicted octanol–water partition coefficient (Wildman–Crippen LogP) is 7.87. The molecule has 0 N–H and O–H groups in total. The molecule has 0 radical (unpaired) electrons. The van der Waals surface area contributed by atoms with E-state index in [0.717, 1.165) is 40.1 Å². The summed E-state index contributed by atoms with van der Waals surface area (Å²) in [5.74, 6) is 1.40. The van der Waals surface area contributed by atoms with Crippen molar-refractivity contribution in [3.05, 3.63) is 89.9 Å². The van der Waals surface area contributed by atoms with Crippen molar-refractivity contribution in [1.29, 1.82) is 0 Å². The van der Waals surface area contributed by atoms with Gasteiger partial charge >= 0.3 is 0 Å². The third kappa shape index (κ3) is 7.13. The van der Waals surface area contributed by atoms with Gasteiger partial charge in [0, 0.05) is 36.6 Å². The van der Waals surface area contributed by atoms with Gasteiger partial charge in [-0.1, -0.05) is 71.0 Å². The zero-order chi connectivity index (χ0) is 31.5. The van der Waals surface area contributed by atoms with E-state index in [4.69, 9.17) is 14.3 Å². The number of amides is 1. The predicted molar refractivity (Wildman–Crippen MR) is 179 cm³/mol. The van der Waals surface area contributed by atoms with Crippen LogP contribution in [0.1, 0.15) is 56.2 Å². The lowest BCUT2D eigenvalue weighted by atomic mass is 9.98. The average molecular weight is 611 g/mol. The number of hydrogen-bond donors (Lipinski definition) is 0. The second-order valence-electron chi connectivity index (χ2n) is 13.7. The summed E-state index contributed by atoms with van der Waals surface area (Å²) in [5.41, 5.74) is 6.57. The molecule has 0 fully saturated rings. The smallest absolute Gasteiger partial charge is 0.272 e. The molecule has 1 aliphatic heterocycles. The standard InChI is InChI=1S/C36H46N4O3Si/c1-26(2)24-27-8-10-28(11-9-27)25-42-31-14-12-29(13-15-31)32-33(30-16-18-37-19-17-30)38-40-21-20-39(35(41)34(32)40)22-23-43-44(6,7)36(3,4)5/h8-19,26H,20-25H2,1-7H3. The first kappa shape index (κ1) is 31.7. The van der Waals surface area contributed by atoms with E-state index >= 15 is 0 Å². The van der Waals surface area contributed by atoms with E-state index in [1.165, 1.54) is 5.56 Å². The summed E-state index contributed by atoms with van der Waals surface area (Å²) in [7, 11) is -1.90. The number of carbonyl (C=O) groups is 1. The fraction of sp³-hybridized carbons (Fsp3) is 0.417. The molecule has 0 aliphatic carbocycles. The summed E-state index contributed by atoms with van der Waals surface area (Å²) in [4.78, 5) is 20.1. The summed E-state index contributed by atoms with van der Waals surface area (Å²) in [6.45, 7) is 18.5. The van der Waals surface area contributed by atoms with Crippen molar-refractivity contribution in [2.24, 2.45) is 5.92 Å². The molecule has 7 nitrogen and oxygen atoms in total. The minimum atomic E-state index is -1.90. The molecule has 0 saturated heterocycles. The number of ether oxygens (including phenoxy) is 1. The van der Waals surface area contributed by atoms with Gasteiger partial charge in [-0.3, -0.25) is 14.5 Å². The molecular weight excluding hydrogens is 565 g/mol. The minimum absolute atomic E-state index is 0.0147. The van der Waals surface area contributed by atoms with Gasteiger partial charge < -0.3 is 14.1 Å². The molecule has 3 heterocycles. The van der Waals surface area contributed by atoms with Crippen LogP contribution in [-0.4, -0.2) is 53.6 Å². The molecular formula is C36H46N4O3Si. The Hall–Kier alpha value is -3.75. The van der Waals surface area contributed by atoms with Crippen LogP contribution < -0.4 is 4.74 Å². The van der Waals surface area contributed by atoms with Gasteiger partial charge in [0.15, 0.2) is 8.32 Å². The van der Waals surface area contributed by atoms with Crippen LogP contribution in [-0.2, 0) is 24.0 Å². The van der Waals surface area contributed by atoms with Gasteiger partial charge in [-0.25, -0.2) is 0 Å². The summed E-state index contributed by atoms with van der Waals surface area (Å²) < 4.78 is 14.4. The number of rotatable bonds is 11. The quantitative estimate of drug-likeness (QED) is 0.162. The van der Waals surface area contributed by atoms with Crippen molar-refractivity contribution >= 4 is 14.2 Å². The number of fused-ring (bicyclic) bond motifs is 1. The molecule has 8 heteroatoms. The minimum Gasteiger partial charge on any atom is -0.489 e. The molecule has 0 atom stereocenters. The average Bonchev–Trinajstić information content (AvgIpc) is 3.38. The highest BCUT2D eigenvalue weighted by molar-refractivity contribution is 6.74. The Morgan fingerprint density at radius 1 is 0.886 bits per heavy atom. The highest BCUT2D eigenvalue weighted by Gasteiger charge is 2.38. The van der Waals surface area contributed by atoms with Gasteiger partial charge in [-0.2, -0.15) is 5.10 Å². The zero-order valence-electron chi connectivity index (χ0n) is 27.3. The van der Waals surface area contributed by atoms with Crippen LogP contribution in [0.4, 0.5) is 0 Å². The SMILES string of the molecule is CC(C)Cc1ccc(COc2ccc(-c3c(-c4ccncc4)nn4c3C(=O)N(CCO[Si](C)(C)C(C)(C)C)CC4)cc2)cc1. The Balaban J connectivity index is 1.36. The molecule has 0 saturated carbocycles. The van der Waals surface area contributed by atoms with Gasteiger partial charge in [0.25, 0.3) is 5.91 Å². The maximum Gasteiger partial charge on any atom is 0.272 e. The van der Waals surface area contributed by atoms with E-state index in [1.54, 1.807) is 12.4 Å². The summed E-state index contributed by atoms with van der Waals surface area (Å²) >= 11 is 0. The Bertz CT molecular complexity index is 1560. The van der Waals surface area contributed by atoms with Crippen molar-refractivity contribution in [2.75, 3.05) is 19.7 Å². The first-order chi connectivity index (χ1) is 20.9. The van der Waals surface area contributed by atoms with Crippen molar-refractivity contribution in [2.45, 2.75) is 72.3 Å². The van der Waals surface area contributed by atoms with E-state index in [-0.39, 0.29) is 10.9 Å². The Morgan fingerprint density at radius 3 is 2.18 bits per heavy atom. The Morgan fingerprint density at radius 2 is 1.55 bits per heavy atom. The lowest BCUT2D eigenvalue weighted by Gasteiger charge is -2.37. The first-order valence-electron chi connectivity index (χ1n) is 15.7. The third-order valence-electron chi connectivity index (χ3n) is 8.82. The van der Waals surface area contributed by atoms with Crippen molar-refractivity contribution in [3.8, 4) is 28.1 Å². The molecule has 2 aromatic heterocycles. The second kappa shape index (κ2) is 13.1. The molecule has 0 spiro atoms.